The summed E-state index contributed by atoms with van der Waals surface area (Å²) < 4.78 is 95.7. The van der Waals surface area contributed by atoms with Gasteiger partial charge in [0.2, 0.25) is 5.91 Å². The summed E-state index contributed by atoms with van der Waals surface area (Å²) in [4.78, 5) is 13.5. The number of carbonyl (C=O) groups excluding carboxylic acids is 1. The van der Waals surface area contributed by atoms with Crippen LogP contribution in [0.25, 0.3) is 0 Å². The number of nitrogens with zero attached hydrogens (tertiary/aromatic N) is 2. The van der Waals surface area contributed by atoms with Crippen molar-refractivity contribution in [2.75, 3.05) is 5.75 Å². The molecule has 35 heavy (non-hydrogen) atoms. The van der Waals surface area contributed by atoms with E-state index in [0.717, 1.165) is 30.3 Å². The van der Waals surface area contributed by atoms with Crippen molar-refractivity contribution in [1.29, 1.82) is 5.26 Å². The van der Waals surface area contributed by atoms with Crippen LogP contribution in [0.4, 0.5) is 22.0 Å². The lowest BCUT2D eigenvalue weighted by atomic mass is 10.0. The van der Waals surface area contributed by atoms with E-state index in [-0.39, 0.29) is 18.4 Å². The number of rotatable bonds is 8. The molecule has 3 rings (SSSR count). The summed E-state index contributed by atoms with van der Waals surface area (Å²) in [5.41, 5.74) is 3.11. The Balaban J connectivity index is 1.94. The van der Waals surface area contributed by atoms with E-state index in [2.05, 4.69) is 15.9 Å². The Hall–Kier alpha value is -2.56. The Morgan fingerprint density at radius 2 is 1.77 bits per heavy atom. The Morgan fingerprint density at radius 1 is 1.17 bits per heavy atom. The second-order valence-corrected chi connectivity index (χ2v) is 11.2. The number of hydrogen-bond acceptors (Lipinski definition) is 5. The number of benzene rings is 2. The quantitative estimate of drug-likeness (QED) is 0.473. The van der Waals surface area contributed by atoms with Gasteiger partial charge in [-0.3, -0.25) is 4.79 Å². The van der Waals surface area contributed by atoms with Crippen LogP contribution in [0, 0.1) is 23.0 Å². The van der Waals surface area contributed by atoms with Gasteiger partial charge in [-0.2, -0.15) is 18.4 Å². The lowest BCUT2D eigenvalue weighted by molar-refractivity contribution is -0.197. The van der Waals surface area contributed by atoms with Crippen molar-refractivity contribution in [3.8, 4) is 6.07 Å². The summed E-state index contributed by atoms with van der Waals surface area (Å²) in [7, 11) is -4.36. The van der Waals surface area contributed by atoms with Gasteiger partial charge in [-0.1, -0.05) is 40.2 Å². The van der Waals surface area contributed by atoms with Crippen LogP contribution >= 0.6 is 15.9 Å². The van der Waals surface area contributed by atoms with Gasteiger partial charge in [0, 0.05) is 10.0 Å². The molecular weight excluding hydrogens is 561 g/mol. The molecule has 1 fully saturated rings. The summed E-state index contributed by atoms with van der Waals surface area (Å²) >= 11 is 3.12. The van der Waals surface area contributed by atoms with Gasteiger partial charge in [0.1, 0.15) is 5.54 Å². The SMILES string of the molecule is N#CC1(N(C(=O)[C@@H](N)CS(=O)(=O)Cc2cccc(F)c2F)[C@@H](c2ccc(Br)cc2)C(F)(F)F)CC1. The average Bonchev–Trinajstić information content (AvgIpc) is 3.55. The molecule has 0 heterocycles. The lowest BCUT2D eigenvalue weighted by Crippen LogP contribution is -2.56. The molecule has 1 aliphatic carbocycles. The Bertz CT molecular complexity index is 1260. The molecule has 0 aromatic heterocycles. The van der Waals surface area contributed by atoms with Crippen LogP contribution in [-0.4, -0.2) is 42.7 Å². The van der Waals surface area contributed by atoms with Crippen LogP contribution in [0.1, 0.15) is 30.0 Å². The van der Waals surface area contributed by atoms with Crippen molar-refractivity contribution in [3.63, 3.8) is 0 Å². The summed E-state index contributed by atoms with van der Waals surface area (Å²) in [5, 5.41) is 9.59. The molecule has 0 unspecified atom stereocenters. The first kappa shape index (κ1) is 27.0. The average molecular weight is 580 g/mol. The number of nitrogens with two attached hydrogens (primary N) is 1. The van der Waals surface area contributed by atoms with E-state index < -0.39 is 68.2 Å². The molecular formula is C22H19BrF5N3O3S. The fourth-order valence-corrected chi connectivity index (χ4v) is 5.49. The molecule has 2 aromatic carbocycles. The molecule has 0 aliphatic heterocycles. The van der Waals surface area contributed by atoms with Gasteiger partial charge >= 0.3 is 6.18 Å². The number of carbonyl (C=O) groups is 1. The van der Waals surface area contributed by atoms with Gasteiger partial charge in [0.25, 0.3) is 0 Å². The van der Waals surface area contributed by atoms with Crippen LogP contribution in [0.5, 0.6) is 0 Å². The maximum absolute atomic E-state index is 14.2. The van der Waals surface area contributed by atoms with Crippen molar-refractivity contribution in [2.45, 2.75) is 42.4 Å². The van der Waals surface area contributed by atoms with E-state index in [1.807, 2.05) is 0 Å². The van der Waals surface area contributed by atoms with Gasteiger partial charge in [-0.05, 0) is 36.6 Å². The van der Waals surface area contributed by atoms with Gasteiger partial charge in [0.15, 0.2) is 27.5 Å². The molecule has 0 saturated heterocycles. The first-order valence-corrected chi connectivity index (χ1v) is 12.8. The highest BCUT2D eigenvalue weighted by atomic mass is 79.9. The minimum Gasteiger partial charge on any atom is -0.319 e. The Kier molecular flexibility index (Phi) is 7.59. The molecule has 2 aromatic rings. The van der Waals surface area contributed by atoms with Crippen LogP contribution in [0.3, 0.4) is 0 Å². The highest BCUT2D eigenvalue weighted by Gasteiger charge is 2.60. The first-order chi connectivity index (χ1) is 16.2. The van der Waals surface area contributed by atoms with Crippen molar-refractivity contribution in [3.05, 3.63) is 69.7 Å². The monoisotopic (exact) mass is 579 g/mol. The van der Waals surface area contributed by atoms with Crippen LogP contribution in [0.15, 0.2) is 46.9 Å². The molecule has 2 atom stereocenters. The smallest absolute Gasteiger partial charge is 0.319 e. The number of sulfone groups is 1. The normalized spacial score (nSPS) is 16.7. The molecule has 1 amide bonds. The fraction of sp³-hybridized carbons (Fsp3) is 0.364. The Labute approximate surface area is 206 Å². The van der Waals surface area contributed by atoms with Crippen LogP contribution in [-0.2, 0) is 20.4 Å². The van der Waals surface area contributed by atoms with Crippen molar-refractivity contribution >= 4 is 31.7 Å². The third-order valence-corrected chi connectivity index (χ3v) is 7.69. The van der Waals surface area contributed by atoms with Gasteiger partial charge in [-0.15, -0.1) is 0 Å². The number of halogens is 6. The minimum atomic E-state index is -5.01. The highest BCUT2D eigenvalue weighted by molar-refractivity contribution is 9.10. The highest BCUT2D eigenvalue weighted by Crippen LogP contribution is 2.50. The van der Waals surface area contributed by atoms with Crippen LogP contribution < -0.4 is 5.73 Å². The Morgan fingerprint density at radius 3 is 2.29 bits per heavy atom. The van der Waals surface area contributed by atoms with Crippen molar-refractivity contribution in [2.24, 2.45) is 5.73 Å². The summed E-state index contributed by atoms with van der Waals surface area (Å²) in [6, 6.07) is 5.03. The van der Waals surface area contributed by atoms with Gasteiger partial charge in [0.05, 0.1) is 23.6 Å². The second-order valence-electron chi connectivity index (χ2n) is 8.22. The number of hydrogen-bond donors (Lipinski definition) is 1. The third-order valence-electron chi connectivity index (χ3n) is 5.54. The van der Waals surface area contributed by atoms with E-state index in [9.17, 15) is 40.4 Å². The predicted octanol–water partition coefficient (Wildman–Crippen LogP) is 4.16. The molecule has 1 saturated carbocycles. The van der Waals surface area contributed by atoms with E-state index in [1.165, 1.54) is 12.1 Å². The van der Waals surface area contributed by atoms with Crippen LogP contribution in [0.2, 0.25) is 0 Å². The summed E-state index contributed by atoms with van der Waals surface area (Å²) in [6.07, 6.45) is -5.11. The maximum atomic E-state index is 14.2. The minimum absolute atomic E-state index is 0.0493. The lowest BCUT2D eigenvalue weighted by Gasteiger charge is -2.38. The van der Waals surface area contributed by atoms with Crippen molar-refractivity contribution in [1.82, 2.24) is 4.90 Å². The topological polar surface area (TPSA) is 104 Å². The molecule has 13 heteroatoms. The first-order valence-electron chi connectivity index (χ1n) is 10.2. The fourth-order valence-electron chi connectivity index (χ4n) is 3.72. The standard InChI is InChI=1S/C22H19BrF5N3O3S/c23-15-6-4-13(5-7-15)19(22(26,27)28)31(21(12-29)8-9-21)20(32)17(30)11-35(33,34)10-14-2-1-3-16(24)18(14)25/h1-7,17,19H,8-11,30H2/t17-,19-/m0/s1. The van der Waals surface area contributed by atoms with E-state index in [0.29, 0.717) is 9.37 Å². The second kappa shape index (κ2) is 9.83. The predicted molar refractivity (Wildman–Crippen MR) is 119 cm³/mol. The number of alkyl halides is 3. The summed E-state index contributed by atoms with van der Waals surface area (Å²) in [5.74, 6) is -6.22. The zero-order valence-corrected chi connectivity index (χ0v) is 20.3. The molecule has 6 nitrogen and oxygen atoms in total. The zero-order valence-electron chi connectivity index (χ0n) is 17.9. The zero-order chi connectivity index (χ0) is 26.2. The largest absolute Gasteiger partial charge is 0.413 e. The van der Waals surface area contributed by atoms with Gasteiger partial charge < -0.3 is 10.6 Å². The van der Waals surface area contributed by atoms with Crippen molar-refractivity contribution < 1.29 is 35.2 Å². The summed E-state index contributed by atoms with van der Waals surface area (Å²) in [6.45, 7) is 0. The molecule has 188 valence electrons. The van der Waals surface area contributed by atoms with Gasteiger partial charge in [-0.25, -0.2) is 17.2 Å². The molecule has 0 radical (unpaired) electrons. The maximum Gasteiger partial charge on any atom is 0.413 e. The van der Waals surface area contributed by atoms with E-state index in [1.54, 1.807) is 6.07 Å². The number of amides is 1. The molecule has 0 spiro atoms. The third kappa shape index (κ3) is 5.99. The molecule has 1 aliphatic rings. The van der Waals surface area contributed by atoms with E-state index in [4.69, 9.17) is 5.73 Å². The molecule has 2 N–H and O–H groups in total. The van der Waals surface area contributed by atoms with E-state index >= 15 is 0 Å². The molecule has 0 bridgehead atoms. The number of nitriles is 1.